The van der Waals surface area contributed by atoms with E-state index in [1.54, 1.807) is 20.3 Å². The average molecular weight is 238 g/mol. The third-order valence-electron chi connectivity index (χ3n) is 2.11. The summed E-state index contributed by atoms with van der Waals surface area (Å²) in [6, 6.07) is 5.44. The van der Waals surface area contributed by atoms with Crippen LogP contribution >= 0.6 is 0 Å². The van der Waals surface area contributed by atoms with E-state index in [9.17, 15) is 0 Å². The molecule has 0 aliphatic carbocycles. The molecular weight excluding hydrogens is 220 g/mol. The Hall–Kier alpha value is -1.95. The summed E-state index contributed by atoms with van der Waals surface area (Å²) in [6.07, 6.45) is 0. The minimum atomic E-state index is 0.482. The van der Waals surface area contributed by atoms with Crippen LogP contribution in [0, 0.1) is 0 Å². The summed E-state index contributed by atoms with van der Waals surface area (Å²) in [5, 5.41) is 3.03. The quantitative estimate of drug-likeness (QED) is 0.315. The lowest BCUT2D eigenvalue weighted by atomic mass is 10.2. The van der Waals surface area contributed by atoms with Gasteiger partial charge < -0.3 is 14.8 Å². The van der Waals surface area contributed by atoms with E-state index >= 15 is 0 Å². The number of methoxy groups -OCH3 is 2. The molecule has 0 spiro atoms. The molecule has 94 valence electrons. The summed E-state index contributed by atoms with van der Waals surface area (Å²) < 4.78 is 10.4. The fraction of sp³-hybridized carbons (Fsp3) is 0.364. The van der Waals surface area contributed by atoms with E-state index in [2.05, 4.69) is 15.7 Å². The maximum absolute atomic E-state index is 5.35. The highest BCUT2D eigenvalue weighted by molar-refractivity contribution is 5.94. The molecule has 0 saturated heterocycles. The molecule has 0 aliphatic rings. The summed E-state index contributed by atoms with van der Waals surface area (Å²) in [7, 11) is 3.19. The Morgan fingerprint density at radius 3 is 2.65 bits per heavy atom. The standard InChI is InChI=1S/C11H18N4O2/c1-4-13-11(15-12)14-9-6-5-8(16-2)7-10(9)17-3/h5-7H,4,12H2,1-3H3,(H2,13,14,15). The van der Waals surface area contributed by atoms with E-state index in [-0.39, 0.29) is 0 Å². The smallest absolute Gasteiger partial charge is 0.210 e. The van der Waals surface area contributed by atoms with E-state index in [4.69, 9.17) is 15.3 Å². The van der Waals surface area contributed by atoms with Crippen molar-refractivity contribution in [1.29, 1.82) is 0 Å². The van der Waals surface area contributed by atoms with Crippen LogP contribution in [0.15, 0.2) is 23.2 Å². The van der Waals surface area contributed by atoms with Gasteiger partial charge in [-0.25, -0.2) is 5.84 Å². The van der Waals surface area contributed by atoms with Crippen molar-refractivity contribution in [1.82, 2.24) is 5.43 Å². The molecule has 0 unspecified atom stereocenters. The number of benzene rings is 1. The number of anilines is 1. The highest BCUT2D eigenvalue weighted by Gasteiger charge is 2.06. The van der Waals surface area contributed by atoms with Gasteiger partial charge in [-0.3, -0.25) is 10.4 Å². The largest absolute Gasteiger partial charge is 0.497 e. The van der Waals surface area contributed by atoms with Gasteiger partial charge >= 0.3 is 0 Å². The molecule has 0 atom stereocenters. The zero-order chi connectivity index (χ0) is 12.7. The minimum absolute atomic E-state index is 0.482. The van der Waals surface area contributed by atoms with Crippen molar-refractivity contribution >= 4 is 11.6 Å². The van der Waals surface area contributed by atoms with E-state index in [1.165, 1.54) is 0 Å². The fourth-order valence-corrected chi connectivity index (χ4v) is 1.31. The SMILES string of the molecule is CCN=C(NN)Nc1ccc(OC)cc1OC. The topological polar surface area (TPSA) is 80.9 Å². The van der Waals surface area contributed by atoms with Crippen molar-refractivity contribution in [2.45, 2.75) is 6.92 Å². The number of ether oxygens (including phenoxy) is 2. The molecule has 0 radical (unpaired) electrons. The van der Waals surface area contributed by atoms with Gasteiger partial charge in [-0.15, -0.1) is 0 Å². The molecule has 0 fully saturated rings. The molecule has 1 aromatic carbocycles. The second-order valence-electron chi connectivity index (χ2n) is 3.16. The Morgan fingerprint density at radius 2 is 2.12 bits per heavy atom. The number of nitrogens with two attached hydrogens (primary N) is 1. The third-order valence-corrected chi connectivity index (χ3v) is 2.11. The number of guanidine groups is 1. The highest BCUT2D eigenvalue weighted by atomic mass is 16.5. The van der Waals surface area contributed by atoms with E-state index in [1.807, 2.05) is 19.1 Å². The van der Waals surface area contributed by atoms with Crippen LogP contribution in [-0.4, -0.2) is 26.7 Å². The Bertz CT molecular complexity index is 393. The summed E-state index contributed by atoms with van der Waals surface area (Å²) in [5.74, 6) is 7.21. The predicted molar refractivity (Wildman–Crippen MR) is 68.5 cm³/mol. The van der Waals surface area contributed by atoms with Crippen molar-refractivity contribution in [2.75, 3.05) is 26.1 Å². The first kappa shape index (κ1) is 13.1. The zero-order valence-corrected chi connectivity index (χ0v) is 10.3. The van der Waals surface area contributed by atoms with E-state index in [0.29, 0.717) is 18.3 Å². The van der Waals surface area contributed by atoms with E-state index in [0.717, 1.165) is 11.4 Å². The first-order valence-corrected chi connectivity index (χ1v) is 5.25. The van der Waals surface area contributed by atoms with Crippen LogP contribution in [0.25, 0.3) is 0 Å². The number of aliphatic imine (C=N–C) groups is 1. The molecular formula is C11H18N4O2. The molecule has 0 saturated carbocycles. The van der Waals surface area contributed by atoms with Gasteiger partial charge in [-0.2, -0.15) is 0 Å². The molecule has 17 heavy (non-hydrogen) atoms. The molecule has 0 bridgehead atoms. The third kappa shape index (κ3) is 3.53. The molecule has 0 aromatic heterocycles. The van der Waals surface area contributed by atoms with Gasteiger partial charge in [0.2, 0.25) is 5.96 Å². The number of nitrogens with zero attached hydrogens (tertiary/aromatic N) is 1. The van der Waals surface area contributed by atoms with Crippen molar-refractivity contribution in [2.24, 2.45) is 10.8 Å². The summed E-state index contributed by atoms with van der Waals surface area (Å²) in [4.78, 5) is 4.14. The van der Waals surface area contributed by atoms with Crippen LogP contribution in [0.2, 0.25) is 0 Å². The fourth-order valence-electron chi connectivity index (χ4n) is 1.31. The van der Waals surface area contributed by atoms with Crippen LogP contribution in [0.4, 0.5) is 5.69 Å². The lowest BCUT2D eigenvalue weighted by Crippen LogP contribution is -2.36. The van der Waals surface area contributed by atoms with Gasteiger partial charge in [0, 0.05) is 12.6 Å². The Morgan fingerprint density at radius 1 is 1.35 bits per heavy atom. The normalized spacial score (nSPS) is 10.9. The van der Waals surface area contributed by atoms with Gasteiger partial charge in [0.05, 0.1) is 19.9 Å². The first-order valence-electron chi connectivity index (χ1n) is 5.25. The van der Waals surface area contributed by atoms with Gasteiger partial charge in [-0.05, 0) is 19.1 Å². The number of hydrazine groups is 1. The van der Waals surface area contributed by atoms with Crippen molar-refractivity contribution in [3.05, 3.63) is 18.2 Å². The number of nitrogens with one attached hydrogen (secondary N) is 2. The summed E-state index contributed by atoms with van der Waals surface area (Å²) in [6.45, 7) is 2.55. The number of hydrogen-bond acceptors (Lipinski definition) is 4. The second-order valence-corrected chi connectivity index (χ2v) is 3.16. The number of hydrogen-bond donors (Lipinski definition) is 3. The lowest BCUT2D eigenvalue weighted by Gasteiger charge is -2.13. The van der Waals surface area contributed by atoms with Gasteiger partial charge in [0.15, 0.2) is 0 Å². The first-order chi connectivity index (χ1) is 8.24. The molecule has 4 N–H and O–H groups in total. The zero-order valence-electron chi connectivity index (χ0n) is 10.3. The Balaban J connectivity index is 2.93. The minimum Gasteiger partial charge on any atom is -0.497 e. The maximum atomic E-state index is 5.35. The molecule has 1 rings (SSSR count). The molecule has 6 heteroatoms. The van der Waals surface area contributed by atoms with Crippen LogP contribution in [-0.2, 0) is 0 Å². The van der Waals surface area contributed by atoms with Crippen molar-refractivity contribution in [3.8, 4) is 11.5 Å². The monoisotopic (exact) mass is 238 g/mol. The molecule has 0 heterocycles. The van der Waals surface area contributed by atoms with Gasteiger partial charge in [0.25, 0.3) is 0 Å². The van der Waals surface area contributed by atoms with Crippen LogP contribution in [0.3, 0.4) is 0 Å². The molecule has 0 aliphatic heterocycles. The molecule has 0 amide bonds. The highest BCUT2D eigenvalue weighted by Crippen LogP contribution is 2.28. The van der Waals surface area contributed by atoms with Crippen molar-refractivity contribution in [3.63, 3.8) is 0 Å². The number of rotatable bonds is 4. The van der Waals surface area contributed by atoms with E-state index < -0.39 is 0 Å². The lowest BCUT2D eigenvalue weighted by molar-refractivity contribution is 0.395. The maximum Gasteiger partial charge on any atom is 0.210 e. The molecule has 6 nitrogen and oxygen atoms in total. The summed E-state index contributed by atoms with van der Waals surface area (Å²) >= 11 is 0. The molecule has 1 aromatic rings. The van der Waals surface area contributed by atoms with Crippen LogP contribution < -0.4 is 26.1 Å². The Labute approximate surface area is 101 Å². The van der Waals surface area contributed by atoms with Crippen LogP contribution in [0.5, 0.6) is 11.5 Å². The van der Waals surface area contributed by atoms with Crippen molar-refractivity contribution < 1.29 is 9.47 Å². The van der Waals surface area contributed by atoms with Gasteiger partial charge in [0.1, 0.15) is 11.5 Å². The van der Waals surface area contributed by atoms with Gasteiger partial charge in [-0.1, -0.05) is 0 Å². The van der Waals surface area contributed by atoms with Crippen LogP contribution in [0.1, 0.15) is 6.92 Å². The summed E-state index contributed by atoms with van der Waals surface area (Å²) in [5.41, 5.74) is 3.25. The Kier molecular flexibility index (Phi) is 5.09. The second kappa shape index (κ2) is 6.59. The predicted octanol–water partition coefficient (Wildman–Crippen LogP) is 0.955. The average Bonchev–Trinajstić information content (AvgIpc) is 2.38.